The van der Waals surface area contributed by atoms with Crippen LogP contribution >= 0.6 is 11.8 Å². The molecule has 2 amide bonds. The van der Waals surface area contributed by atoms with Crippen LogP contribution in [0.25, 0.3) is 5.69 Å². The van der Waals surface area contributed by atoms with E-state index in [4.69, 9.17) is 4.74 Å². The van der Waals surface area contributed by atoms with E-state index in [9.17, 15) is 14.0 Å². The fourth-order valence-electron chi connectivity index (χ4n) is 2.12. The van der Waals surface area contributed by atoms with Crippen LogP contribution < -0.4 is 10.1 Å². The van der Waals surface area contributed by atoms with Crippen LogP contribution in [0.5, 0.6) is 5.75 Å². The summed E-state index contributed by atoms with van der Waals surface area (Å²) in [5.74, 6) is 0.0420. The molecule has 0 radical (unpaired) electrons. The van der Waals surface area contributed by atoms with Gasteiger partial charge in [0.05, 0.1) is 18.6 Å². The number of hydrogen-bond acceptors (Lipinski definition) is 6. The zero-order valence-electron chi connectivity index (χ0n) is 16.8. The van der Waals surface area contributed by atoms with Crippen LogP contribution in [0.3, 0.4) is 0 Å². The van der Waals surface area contributed by atoms with Crippen molar-refractivity contribution < 1.29 is 18.7 Å². The van der Waals surface area contributed by atoms with Crippen LogP contribution in [0.4, 0.5) is 10.1 Å². The van der Waals surface area contributed by atoms with Gasteiger partial charge in [0.1, 0.15) is 17.9 Å². The molecule has 3 aromatic rings. The Morgan fingerprint density at radius 2 is 1.90 bits per heavy atom. The van der Waals surface area contributed by atoms with E-state index >= 15 is 0 Å². The van der Waals surface area contributed by atoms with E-state index in [-0.39, 0.29) is 17.3 Å². The van der Waals surface area contributed by atoms with Crippen LogP contribution in [0, 0.1) is 5.82 Å². The maximum Gasteiger partial charge on any atom is 0.234 e. The van der Waals surface area contributed by atoms with Gasteiger partial charge in [-0.05, 0) is 36.4 Å². The van der Waals surface area contributed by atoms with Gasteiger partial charge in [-0.25, -0.2) is 4.39 Å². The standard InChI is InChI=1S/C17H15FN4O2S.C3H7NO/c1-24-13-8-6-12(7-9-13)22-11-19-21-17(22)25-10-16(23)20-15-5-3-2-4-14(15)18;1-4(2)3-5/h2-9,11H,10H2,1H3,(H,20,23);3H,1-2H3. The van der Waals surface area contributed by atoms with Crippen LogP contribution in [0.15, 0.2) is 60.0 Å². The van der Waals surface area contributed by atoms with Crippen LogP contribution in [0.2, 0.25) is 0 Å². The zero-order valence-corrected chi connectivity index (χ0v) is 17.6. The summed E-state index contributed by atoms with van der Waals surface area (Å²) in [6, 6.07) is 13.4. The fourth-order valence-corrected chi connectivity index (χ4v) is 2.85. The summed E-state index contributed by atoms with van der Waals surface area (Å²) in [7, 11) is 4.98. The number of halogens is 1. The molecule has 0 unspecified atom stereocenters. The molecule has 2 aromatic carbocycles. The van der Waals surface area contributed by atoms with Crippen molar-refractivity contribution in [1.29, 1.82) is 0 Å². The first-order valence-electron chi connectivity index (χ1n) is 8.78. The number of carbonyl (C=O) groups excluding carboxylic acids is 2. The molecular weight excluding hydrogens is 409 g/mol. The van der Waals surface area contributed by atoms with Crippen molar-refractivity contribution in [3.8, 4) is 11.4 Å². The number of para-hydroxylation sites is 1. The maximum atomic E-state index is 13.6. The van der Waals surface area contributed by atoms with Gasteiger partial charge in [-0.1, -0.05) is 23.9 Å². The molecule has 158 valence electrons. The Bertz CT molecular complexity index is 963. The predicted octanol–water partition coefficient (Wildman–Crippen LogP) is 2.85. The normalized spacial score (nSPS) is 9.87. The van der Waals surface area contributed by atoms with Gasteiger partial charge in [-0.2, -0.15) is 0 Å². The summed E-state index contributed by atoms with van der Waals surface area (Å²) >= 11 is 1.22. The number of carbonyl (C=O) groups is 2. The first-order valence-corrected chi connectivity index (χ1v) is 9.76. The number of thioether (sulfide) groups is 1. The van der Waals surface area contributed by atoms with Gasteiger partial charge in [0.2, 0.25) is 12.3 Å². The smallest absolute Gasteiger partial charge is 0.234 e. The number of anilines is 1. The molecule has 0 bridgehead atoms. The number of aromatic nitrogens is 3. The van der Waals surface area contributed by atoms with E-state index in [1.54, 1.807) is 44.2 Å². The lowest BCUT2D eigenvalue weighted by Crippen LogP contribution is -2.15. The molecule has 0 aliphatic rings. The average molecular weight is 431 g/mol. The highest BCUT2D eigenvalue weighted by Crippen LogP contribution is 2.22. The lowest BCUT2D eigenvalue weighted by atomic mass is 10.3. The average Bonchev–Trinajstić information content (AvgIpc) is 3.23. The topological polar surface area (TPSA) is 89.3 Å². The Kier molecular flexibility index (Phi) is 8.82. The van der Waals surface area contributed by atoms with Crippen molar-refractivity contribution in [3.63, 3.8) is 0 Å². The number of nitrogens with zero attached hydrogens (tertiary/aromatic N) is 4. The molecule has 10 heteroatoms. The Balaban J connectivity index is 0.000000575. The monoisotopic (exact) mass is 431 g/mol. The summed E-state index contributed by atoms with van der Waals surface area (Å²) in [5, 5.41) is 11.0. The van der Waals surface area contributed by atoms with Gasteiger partial charge in [-0.15, -0.1) is 10.2 Å². The summed E-state index contributed by atoms with van der Waals surface area (Å²) in [6.07, 6.45) is 2.32. The van der Waals surface area contributed by atoms with Gasteiger partial charge >= 0.3 is 0 Å². The third kappa shape index (κ3) is 6.89. The summed E-state index contributed by atoms with van der Waals surface area (Å²) in [6.45, 7) is 0. The number of rotatable bonds is 7. The van der Waals surface area contributed by atoms with E-state index in [1.807, 2.05) is 24.3 Å². The fraction of sp³-hybridized carbons (Fsp3) is 0.200. The van der Waals surface area contributed by atoms with Gasteiger partial charge in [0, 0.05) is 19.8 Å². The van der Waals surface area contributed by atoms with E-state index in [1.165, 1.54) is 28.8 Å². The molecule has 1 aromatic heterocycles. The molecule has 0 aliphatic heterocycles. The largest absolute Gasteiger partial charge is 0.497 e. The molecular formula is C20H22FN5O3S. The number of ether oxygens (including phenoxy) is 1. The third-order valence-corrected chi connectivity index (χ3v) is 4.50. The van der Waals surface area contributed by atoms with Gasteiger partial charge < -0.3 is 15.0 Å². The summed E-state index contributed by atoms with van der Waals surface area (Å²) < 4.78 is 20.4. The zero-order chi connectivity index (χ0) is 21.9. The number of nitrogens with one attached hydrogen (secondary N) is 1. The number of methoxy groups -OCH3 is 1. The van der Waals surface area contributed by atoms with E-state index < -0.39 is 5.82 Å². The highest BCUT2D eigenvalue weighted by Gasteiger charge is 2.11. The molecule has 0 spiro atoms. The summed E-state index contributed by atoms with van der Waals surface area (Å²) in [5.41, 5.74) is 1.01. The molecule has 1 N–H and O–H groups in total. The van der Waals surface area contributed by atoms with Crippen LogP contribution in [-0.4, -0.2) is 58.9 Å². The second-order valence-electron chi connectivity index (χ2n) is 6.07. The number of hydrogen-bond donors (Lipinski definition) is 1. The second kappa shape index (κ2) is 11.6. The maximum absolute atomic E-state index is 13.6. The van der Waals surface area contributed by atoms with Crippen LogP contribution in [0.1, 0.15) is 0 Å². The Morgan fingerprint density at radius 3 is 2.50 bits per heavy atom. The van der Waals surface area contributed by atoms with Crippen molar-refractivity contribution in [3.05, 3.63) is 60.7 Å². The Labute approximate surface area is 178 Å². The lowest BCUT2D eigenvalue weighted by Gasteiger charge is -2.08. The van der Waals surface area contributed by atoms with Gasteiger partial charge in [0.25, 0.3) is 0 Å². The van der Waals surface area contributed by atoms with Crippen molar-refractivity contribution in [2.75, 3.05) is 32.3 Å². The SMILES string of the molecule is CN(C)C=O.COc1ccc(-n2cnnc2SCC(=O)Nc2ccccc2F)cc1. The molecule has 0 atom stereocenters. The minimum Gasteiger partial charge on any atom is -0.497 e. The quantitative estimate of drug-likeness (QED) is 0.457. The number of amides is 2. The molecule has 30 heavy (non-hydrogen) atoms. The van der Waals surface area contributed by atoms with Crippen molar-refractivity contribution in [2.24, 2.45) is 0 Å². The second-order valence-corrected chi connectivity index (χ2v) is 7.01. The van der Waals surface area contributed by atoms with Crippen molar-refractivity contribution in [2.45, 2.75) is 5.16 Å². The Hall–Kier alpha value is -3.40. The molecule has 1 heterocycles. The Morgan fingerprint density at radius 1 is 1.23 bits per heavy atom. The molecule has 0 saturated heterocycles. The minimum atomic E-state index is -0.470. The first kappa shape index (κ1) is 22.9. The molecule has 0 saturated carbocycles. The van der Waals surface area contributed by atoms with Crippen molar-refractivity contribution >= 4 is 29.8 Å². The highest BCUT2D eigenvalue weighted by molar-refractivity contribution is 7.99. The van der Waals surface area contributed by atoms with E-state index in [0.717, 1.165) is 17.8 Å². The predicted molar refractivity (Wildman–Crippen MR) is 113 cm³/mol. The highest BCUT2D eigenvalue weighted by atomic mass is 32.2. The van der Waals surface area contributed by atoms with E-state index in [2.05, 4.69) is 15.5 Å². The van der Waals surface area contributed by atoms with Crippen LogP contribution in [-0.2, 0) is 9.59 Å². The first-order chi connectivity index (χ1) is 14.4. The molecule has 8 nitrogen and oxygen atoms in total. The number of benzene rings is 2. The minimum absolute atomic E-state index is 0.0865. The summed E-state index contributed by atoms with van der Waals surface area (Å²) in [4.78, 5) is 22.9. The van der Waals surface area contributed by atoms with Crippen molar-refractivity contribution in [1.82, 2.24) is 19.7 Å². The molecule has 0 aliphatic carbocycles. The lowest BCUT2D eigenvalue weighted by molar-refractivity contribution is -0.116. The molecule has 0 fully saturated rings. The van der Waals surface area contributed by atoms with Gasteiger partial charge in [-0.3, -0.25) is 14.2 Å². The van der Waals surface area contributed by atoms with E-state index in [0.29, 0.717) is 5.16 Å². The third-order valence-electron chi connectivity index (χ3n) is 3.56. The molecule has 3 rings (SSSR count). The van der Waals surface area contributed by atoms with Gasteiger partial charge in [0.15, 0.2) is 5.16 Å².